The van der Waals surface area contributed by atoms with E-state index in [0.717, 1.165) is 13.0 Å². The highest BCUT2D eigenvalue weighted by atomic mass is 16.5. The van der Waals surface area contributed by atoms with E-state index in [2.05, 4.69) is 5.32 Å². The monoisotopic (exact) mass is 251 g/mol. The molecule has 100 valence electrons. The third-order valence-corrected chi connectivity index (χ3v) is 2.54. The molecule has 0 heterocycles. The van der Waals surface area contributed by atoms with Gasteiger partial charge in [-0.25, -0.2) is 0 Å². The molecule has 0 atom stereocenters. The Balaban J connectivity index is 2.35. The van der Waals surface area contributed by atoms with Gasteiger partial charge in [0.2, 0.25) is 5.91 Å². The summed E-state index contributed by atoms with van der Waals surface area (Å²) in [7, 11) is 3.58. The van der Waals surface area contributed by atoms with E-state index >= 15 is 0 Å². The number of ether oxygens (including phenoxy) is 1. The maximum atomic E-state index is 11.8. The molecule has 0 aliphatic heterocycles. The predicted octanol–water partition coefficient (Wildman–Crippen LogP) is 1.18. The minimum absolute atomic E-state index is 0.0622. The zero-order chi connectivity index (χ0) is 13.4. The van der Waals surface area contributed by atoms with Gasteiger partial charge >= 0.3 is 0 Å². The number of rotatable bonds is 7. The third kappa shape index (κ3) is 5.16. The second-order valence-electron chi connectivity index (χ2n) is 4.22. The number of nitrogen functional groups attached to an aromatic ring is 1. The molecular weight excluding hydrogens is 230 g/mol. The quantitative estimate of drug-likeness (QED) is 0.564. The van der Waals surface area contributed by atoms with Crippen LogP contribution < -0.4 is 11.1 Å². The van der Waals surface area contributed by atoms with Crippen molar-refractivity contribution >= 4 is 17.3 Å². The number of nitrogens with one attached hydrogen (secondary N) is 1. The van der Waals surface area contributed by atoms with E-state index in [1.165, 1.54) is 0 Å². The number of methoxy groups -OCH3 is 1. The van der Waals surface area contributed by atoms with Crippen LogP contribution in [0.3, 0.4) is 0 Å². The van der Waals surface area contributed by atoms with E-state index in [1.807, 2.05) is 24.1 Å². The average molecular weight is 251 g/mol. The molecule has 0 radical (unpaired) electrons. The molecule has 18 heavy (non-hydrogen) atoms. The fraction of sp³-hybridized carbons (Fsp3) is 0.462. The Morgan fingerprint density at radius 2 is 2.17 bits per heavy atom. The maximum Gasteiger partial charge on any atom is 0.238 e. The van der Waals surface area contributed by atoms with Crippen LogP contribution in [0.2, 0.25) is 0 Å². The number of anilines is 2. The van der Waals surface area contributed by atoms with Gasteiger partial charge in [-0.1, -0.05) is 12.1 Å². The Morgan fingerprint density at radius 3 is 2.83 bits per heavy atom. The summed E-state index contributed by atoms with van der Waals surface area (Å²) in [6.07, 6.45) is 0.910. The number of para-hydroxylation sites is 2. The highest BCUT2D eigenvalue weighted by Gasteiger charge is 2.07. The molecule has 5 nitrogen and oxygen atoms in total. The van der Waals surface area contributed by atoms with Crippen LogP contribution >= 0.6 is 0 Å². The molecule has 0 aliphatic carbocycles. The molecule has 5 heteroatoms. The molecule has 0 saturated carbocycles. The van der Waals surface area contributed by atoms with Crippen LogP contribution in [0.15, 0.2) is 24.3 Å². The molecule has 0 fully saturated rings. The molecule has 0 unspecified atom stereocenters. The molecule has 1 aromatic carbocycles. The molecule has 0 spiro atoms. The lowest BCUT2D eigenvalue weighted by molar-refractivity contribution is -0.117. The van der Waals surface area contributed by atoms with Gasteiger partial charge in [0.1, 0.15) is 0 Å². The number of likely N-dealkylation sites (N-methyl/N-ethyl adjacent to an activating group) is 1. The highest BCUT2D eigenvalue weighted by Crippen LogP contribution is 2.16. The van der Waals surface area contributed by atoms with Gasteiger partial charge in [-0.15, -0.1) is 0 Å². The number of hydrogen-bond acceptors (Lipinski definition) is 4. The maximum absolute atomic E-state index is 11.8. The van der Waals surface area contributed by atoms with E-state index in [1.54, 1.807) is 19.2 Å². The van der Waals surface area contributed by atoms with Crippen molar-refractivity contribution in [2.24, 2.45) is 0 Å². The first-order valence-corrected chi connectivity index (χ1v) is 5.95. The Labute approximate surface area is 108 Å². The first kappa shape index (κ1) is 14.5. The molecule has 1 amide bonds. The van der Waals surface area contributed by atoms with Gasteiger partial charge in [0.25, 0.3) is 0 Å². The lowest BCUT2D eigenvalue weighted by Crippen LogP contribution is -2.31. The molecule has 0 saturated heterocycles. The number of amides is 1. The van der Waals surface area contributed by atoms with Crippen LogP contribution in [0, 0.1) is 0 Å². The van der Waals surface area contributed by atoms with Crippen LogP contribution in [0.4, 0.5) is 11.4 Å². The summed E-state index contributed by atoms with van der Waals surface area (Å²) in [6, 6.07) is 7.23. The van der Waals surface area contributed by atoms with Crippen LogP contribution in [-0.2, 0) is 9.53 Å². The highest BCUT2D eigenvalue weighted by molar-refractivity contribution is 5.95. The summed E-state index contributed by atoms with van der Waals surface area (Å²) in [6.45, 7) is 1.88. The smallest absolute Gasteiger partial charge is 0.238 e. The van der Waals surface area contributed by atoms with Gasteiger partial charge in [0, 0.05) is 20.3 Å². The van der Waals surface area contributed by atoms with Gasteiger partial charge < -0.3 is 15.8 Å². The van der Waals surface area contributed by atoms with Crippen molar-refractivity contribution in [3.63, 3.8) is 0 Å². The Hall–Kier alpha value is -1.59. The molecule has 1 aromatic rings. The lowest BCUT2D eigenvalue weighted by Gasteiger charge is -2.16. The van der Waals surface area contributed by atoms with E-state index in [9.17, 15) is 4.79 Å². The molecule has 3 N–H and O–H groups in total. The minimum Gasteiger partial charge on any atom is -0.397 e. The zero-order valence-electron chi connectivity index (χ0n) is 11.0. The van der Waals surface area contributed by atoms with Gasteiger partial charge in [-0.05, 0) is 25.6 Å². The third-order valence-electron chi connectivity index (χ3n) is 2.54. The van der Waals surface area contributed by atoms with Crippen molar-refractivity contribution in [3.05, 3.63) is 24.3 Å². The van der Waals surface area contributed by atoms with Crippen molar-refractivity contribution in [1.82, 2.24) is 4.90 Å². The SMILES string of the molecule is COCCCN(C)CC(=O)Nc1ccccc1N. The fourth-order valence-electron chi connectivity index (χ4n) is 1.60. The van der Waals surface area contributed by atoms with Crippen molar-refractivity contribution in [3.8, 4) is 0 Å². The average Bonchev–Trinajstić information content (AvgIpc) is 2.32. The fourth-order valence-corrected chi connectivity index (χ4v) is 1.60. The van der Waals surface area contributed by atoms with Crippen LogP contribution in [0.5, 0.6) is 0 Å². The second kappa shape index (κ2) is 7.68. The number of nitrogens with zero attached hydrogens (tertiary/aromatic N) is 1. The molecule has 0 aliphatic rings. The van der Waals surface area contributed by atoms with Crippen molar-refractivity contribution in [1.29, 1.82) is 0 Å². The van der Waals surface area contributed by atoms with E-state index in [4.69, 9.17) is 10.5 Å². The molecule has 0 aromatic heterocycles. The van der Waals surface area contributed by atoms with Gasteiger partial charge in [-0.3, -0.25) is 9.69 Å². The molecule has 0 bridgehead atoms. The van der Waals surface area contributed by atoms with Gasteiger partial charge in [0.15, 0.2) is 0 Å². The van der Waals surface area contributed by atoms with Crippen LogP contribution in [-0.4, -0.2) is 44.7 Å². The summed E-state index contributed by atoms with van der Waals surface area (Å²) in [4.78, 5) is 13.7. The molecule has 1 rings (SSSR count). The summed E-state index contributed by atoms with van der Waals surface area (Å²) in [5.74, 6) is -0.0622. The summed E-state index contributed by atoms with van der Waals surface area (Å²) < 4.78 is 4.96. The number of carbonyl (C=O) groups excluding carboxylic acids is 1. The van der Waals surface area contributed by atoms with E-state index < -0.39 is 0 Å². The van der Waals surface area contributed by atoms with E-state index in [0.29, 0.717) is 24.5 Å². The Bertz CT molecular complexity index is 382. The zero-order valence-corrected chi connectivity index (χ0v) is 11.0. The number of nitrogens with two attached hydrogens (primary N) is 1. The largest absolute Gasteiger partial charge is 0.397 e. The Morgan fingerprint density at radius 1 is 1.44 bits per heavy atom. The first-order chi connectivity index (χ1) is 8.63. The topological polar surface area (TPSA) is 67.6 Å². The van der Waals surface area contributed by atoms with Gasteiger partial charge in [0.05, 0.1) is 17.9 Å². The standard InChI is InChI=1S/C13H21N3O2/c1-16(8-5-9-18-2)10-13(17)15-12-7-4-3-6-11(12)14/h3-4,6-7H,5,8-10,14H2,1-2H3,(H,15,17). The molecular formula is C13H21N3O2. The van der Waals surface area contributed by atoms with Crippen LogP contribution in [0.25, 0.3) is 0 Å². The number of benzene rings is 1. The second-order valence-corrected chi connectivity index (χ2v) is 4.22. The van der Waals surface area contributed by atoms with E-state index in [-0.39, 0.29) is 5.91 Å². The van der Waals surface area contributed by atoms with Crippen LogP contribution in [0.1, 0.15) is 6.42 Å². The van der Waals surface area contributed by atoms with Gasteiger partial charge in [-0.2, -0.15) is 0 Å². The minimum atomic E-state index is -0.0622. The van der Waals surface area contributed by atoms with Crippen molar-refractivity contribution in [2.75, 3.05) is 44.9 Å². The van der Waals surface area contributed by atoms with Crippen molar-refractivity contribution < 1.29 is 9.53 Å². The normalized spacial score (nSPS) is 10.6. The summed E-state index contributed by atoms with van der Waals surface area (Å²) >= 11 is 0. The Kier molecular flexibility index (Phi) is 6.18. The summed E-state index contributed by atoms with van der Waals surface area (Å²) in [5.41, 5.74) is 6.99. The number of carbonyl (C=O) groups is 1. The first-order valence-electron chi connectivity index (χ1n) is 5.95. The summed E-state index contributed by atoms with van der Waals surface area (Å²) in [5, 5.41) is 2.79. The lowest BCUT2D eigenvalue weighted by atomic mass is 10.2. The number of hydrogen-bond donors (Lipinski definition) is 2. The van der Waals surface area contributed by atoms with Crippen molar-refractivity contribution in [2.45, 2.75) is 6.42 Å². The predicted molar refractivity (Wildman–Crippen MR) is 73.5 cm³/mol.